The summed E-state index contributed by atoms with van der Waals surface area (Å²) in [7, 11) is 3.74. The maximum absolute atomic E-state index is 12.8. The number of carbonyl (C=O) groups excluding carboxylic acids is 1. The number of likely N-dealkylation sites (N-methyl/N-ethyl adjacent to an activating group) is 1. The van der Waals surface area contributed by atoms with Crippen LogP contribution in [0.15, 0.2) is 36.4 Å². The van der Waals surface area contributed by atoms with Crippen LogP contribution in [-0.4, -0.2) is 31.5 Å². The van der Waals surface area contributed by atoms with Crippen molar-refractivity contribution in [1.29, 1.82) is 0 Å². The van der Waals surface area contributed by atoms with Gasteiger partial charge >= 0.3 is 0 Å². The maximum atomic E-state index is 12.8. The largest absolute Gasteiger partial charge is 0.496 e. The molecule has 1 aliphatic rings. The summed E-state index contributed by atoms with van der Waals surface area (Å²) in [5.74, 6) is 0.463. The third-order valence-corrected chi connectivity index (χ3v) is 4.98. The lowest BCUT2D eigenvalue weighted by Crippen LogP contribution is -2.26. The lowest BCUT2D eigenvalue weighted by atomic mass is 9.86. The standard InChI is InChI=1S/C22H28N2O2/c1-22(2,3)17-7-9-19(20(13-17)26-5)21(25)23-18-8-6-16-14-24(4)11-10-15(16)12-18/h6-9,12-13H,10-11,14H2,1-5H3,(H,23,25). The molecular formula is C22H28N2O2. The zero-order valence-corrected chi connectivity index (χ0v) is 16.3. The highest BCUT2D eigenvalue weighted by molar-refractivity contribution is 6.06. The number of anilines is 1. The van der Waals surface area contributed by atoms with Gasteiger partial charge in [0.1, 0.15) is 5.75 Å². The highest BCUT2D eigenvalue weighted by Crippen LogP contribution is 2.29. The van der Waals surface area contributed by atoms with E-state index in [1.54, 1.807) is 7.11 Å². The topological polar surface area (TPSA) is 41.6 Å². The van der Waals surface area contributed by atoms with Gasteiger partial charge in [0.15, 0.2) is 0 Å². The third-order valence-electron chi connectivity index (χ3n) is 4.98. The third kappa shape index (κ3) is 3.91. The van der Waals surface area contributed by atoms with Crippen LogP contribution in [0.5, 0.6) is 5.75 Å². The molecule has 3 rings (SSSR count). The summed E-state index contributed by atoms with van der Waals surface area (Å²) in [5, 5.41) is 3.02. The smallest absolute Gasteiger partial charge is 0.259 e. The number of amides is 1. The Kier molecular flexibility index (Phi) is 5.05. The Balaban J connectivity index is 1.82. The van der Waals surface area contributed by atoms with Gasteiger partial charge in [-0.25, -0.2) is 0 Å². The van der Waals surface area contributed by atoms with Crippen LogP contribution in [0.25, 0.3) is 0 Å². The average molecular weight is 352 g/mol. The Labute approximate surface area is 156 Å². The molecule has 0 aliphatic carbocycles. The molecule has 1 amide bonds. The lowest BCUT2D eigenvalue weighted by Gasteiger charge is -2.25. The van der Waals surface area contributed by atoms with Crippen LogP contribution in [0, 0.1) is 0 Å². The Morgan fingerprint density at radius 1 is 1.12 bits per heavy atom. The van der Waals surface area contributed by atoms with E-state index in [2.05, 4.69) is 50.2 Å². The molecule has 1 N–H and O–H groups in total. The number of methoxy groups -OCH3 is 1. The molecule has 0 saturated carbocycles. The van der Waals surface area contributed by atoms with E-state index in [4.69, 9.17) is 4.74 Å². The molecule has 0 radical (unpaired) electrons. The van der Waals surface area contributed by atoms with Gasteiger partial charge < -0.3 is 15.0 Å². The van der Waals surface area contributed by atoms with E-state index in [0.717, 1.165) is 30.8 Å². The molecule has 26 heavy (non-hydrogen) atoms. The molecule has 2 aromatic carbocycles. The average Bonchev–Trinajstić information content (AvgIpc) is 2.60. The van der Waals surface area contributed by atoms with Gasteiger partial charge in [0, 0.05) is 18.8 Å². The van der Waals surface area contributed by atoms with Gasteiger partial charge in [-0.05, 0) is 59.8 Å². The first kappa shape index (κ1) is 18.5. The van der Waals surface area contributed by atoms with Crippen molar-refractivity contribution in [1.82, 2.24) is 4.90 Å². The quantitative estimate of drug-likeness (QED) is 0.899. The number of fused-ring (bicyclic) bond motifs is 1. The second kappa shape index (κ2) is 7.12. The first-order valence-electron chi connectivity index (χ1n) is 9.08. The van der Waals surface area contributed by atoms with Gasteiger partial charge in [0.2, 0.25) is 0 Å². The molecule has 138 valence electrons. The fourth-order valence-corrected chi connectivity index (χ4v) is 3.32. The fraction of sp³-hybridized carbons (Fsp3) is 0.409. The highest BCUT2D eigenvalue weighted by atomic mass is 16.5. The van der Waals surface area contributed by atoms with Crippen LogP contribution in [0.2, 0.25) is 0 Å². The molecule has 0 atom stereocenters. The molecular weight excluding hydrogens is 324 g/mol. The molecule has 1 aliphatic heterocycles. The number of ether oxygens (including phenoxy) is 1. The van der Waals surface area contributed by atoms with E-state index >= 15 is 0 Å². The van der Waals surface area contributed by atoms with E-state index in [9.17, 15) is 4.79 Å². The Morgan fingerprint density at radius 2 is 1.88 bits per heavy atom. The molecule has 0 unspecified atom stereocenters. The Hall–Kier alpha value is -2.33. The minimum absolute atomic E-state index is 0.00788. The van der Waals surface area contributed by atoms with Crippen LogP contribution in [-0.2, 0) is 18.4 Å². The van der Waals surface area contributed by atoms with Crippen molar-refractivity contribution in [2.24, 2.45) is 0 Å². The predicted molar refractivity (Wildman–Crippen MR) is 106 cm³/mol. The number of nitrogens with one attached hydrogen (secondary N) is 1. The number of nitrogens with zero attached hydrogens (tertiary/aromatic N) is 1. The van der Waals surface area contributed by atoms with Gasteiger partial charge in [-0.2, -0.15) is 0 Å². The highest BCUT2D eigenvalue weighted by Gasteiger charge is 2.19. The molecule has 4 heteroatoms. The number of rotatable bonds is 3. The summed E-state index contributed by atoms with van der Waals surface area (Å²) in [6.07, 6.45) is 1.01. The van der Waals surface area contributed by atoms with Crippen molar-refractivity contribution >= 4 is 11.6 Å². The fourth-order valence-electron chi connectivity index (χ4n) is 3.32. The van der Waals surface area contributed by atoms with Crippen molar-refractivity contribution in [3.05, 3.63) is 58.7 Å². The normalized spacial score (nSPS) is 14.7. The summed E-state index contributed by atoms with van der Waals surface area (Å²) in [6.45, 7) is 8.45. The van der Waals surface area contributed by atoms with Crippen LogP contribution < -0.4 is 10.1 Å². The number of hydrogen-bond acceptors (Lipinski definition) is 3. The van der Waals surface area contributed by atoms with Gasteiger partial charge in [-0.15, -0.1) is 0 Å². The van der Waals surface area contributed by atoms with Crippen molar-refractivity contribution < 1.29 is 9.53 Å². The molecule has 0 spiro atoms. The summed E-state index contributed by atoms with van der Waals surface area (Å²) < 4.78 is 5.48. The van der Waals surface area contributed by atoms with Crippen molar-refractivity contribution in [2.45, 2.75) is 39.2 Å². The predicted octanol–water partition coefficient (Wildman–Crippen LogP) is 4.23. The minimum Gasteiger partial charge on any atom is -0.496 e. The van der Waals surface area contributed by atoms with Gasteiger partial charge in [-0.3, -0.25) is 4.79 Å². The van der Waals surface area contributed by atoms with Crippen molar-refractivity contribution in [3.63, 3.8) is 0 Å². The summed E-state index contributed by atoms with van der Waals surface area (Å²) >= 11 is 0. The first-order valence-corrected chi connectivity index (χ1v) is 9.08. The SMILES string of the molecule is COc1cc(C(C)(C)C)ccc1C(=O)Nc1ccc2c(c1)CCN(C)C2. The second-order valence-corrected chi connectivity index (χ2v) is 8.09. The molecule has 0 bridgehead atoms. The van der Waals surface area contributed by atoms with Crippen molar-refractivity contribution in [2.75, 3.05) is 26.0 Å². The van der Waals surface area contributed by atoms with E-state index in [1.807, 2.05) is 24.3 Å². The lowest BCUT2D eigenvalue weighted by molar-refractivity contribution is 0.102. The van der Waals surface area contributed by atoms with Crippen LogP contribution >= 0.6 is 0 Å². The van der Waals surface area contributed by atoms with Crippen LogP contribution in [0.1, 0.15) is 47.8 Å². The molecule has 0 fully saturated rings. The number of benzene rings is 2. The number of carbonyl (C=O) groups is 1. The molecule has 0 aromatic heterocycles. The van der Waals surface area contributed by atoms with Crippen LogP contribution in [0.3, 0.4) is 0 Å². The zero-order valence-electron chi connectivity index (χ0n) is 16.3. The molecule has 0 saturated heterocycles. The van der Waals surface area contributed by atoms with Gasteiger partial charge in [0.05, 0.1) is 12.7 Å². The van der Waals surface area contributed by atoms with Crippen molar-refractivity contribution in [3.8, 4) is 5.75 Å². The monoisotopic (exact) mass is 352 g/mol. The zero-order chi connectivity index (χ0) is 18.9. The van der Waals surface area contributed by atoms with E-state index in [-0.39, 0.29) is 11.3 Å². The second-order valence-electron chi connectivity index (χ2n) is 8.09. The summed E-state index contributed by atoms with van der Waals surface area (Å²) in [6, 6.07) is 12.0. The van der Waals surface area contributed by atoms with Gasteiger partial charge in [-0.1, -0.05) is 32.9 Å². The Bertz CT molecular complexity index is 821. The molecule has 4 nitrogen and oxygen atoms in total. The number of hydrogen-bond donors (Lipinski definition) is 1. The van der Waals surface area contributed by atoms with Crippen LogP contribution in [0.4, 0.5) is 5.69 Å². The van der Waals surface area contributed by atoms with E-state index in [1.165, 1.54) is 11.1 Å². The summed E-state index contributed by atoms with van der Waals surface area (Å²) in [4.78, 5) is 15.1. The van der Waals surface area contributed by atoms with E-state index in [0.29, 0.717) is 11.3 Å². The minimum atomic E-state index is -0.143. The molecule has 2 aromatic rings. The maximum Gasteiger partial charge on any atom is 0.259 e. The van der Waals surface area contributed by atoms with Gasteiger partial charge in [0.25, 0.3) is 5.91 Å². The first-order chi connectivity index (χ1) is 12.3. The van der Waals surface area contributed by atoms with E-state index < -0.39 is 0 Å². The Morgan fingerprint density at radius 3 is 2.58 bits per heavy atom. The molecule has 1 heterocycles. The summed E-state index contributed by atoms with van der Waals surface area (Å²) in [5.41, 5.74) is 5.19.